The highest BCUT2D eigenvalue weighted by Gasteiger charge is 2.18. The van der Waals surface area contributed by atoms with Crippen molar-refractivity contribution in [3.8, 4) is 11.6 Å². The molecule has 0 saturated carbocycles. The number of carbonyl (C=O) groups is 1. The summed E-state index contributed by atoms with van der Waals surface area (Å²) >= 11 is 3.27. The van der Waals surface area contributed by atoms with E-state index >= 15 is 0 Å². The minimum absolute atomic E-state index is 0.148. The largest absolute Gasteiger partial charge is 0.437 e. The fourth-order valence-electron chi connectivity index (χ4n) is 3.54. The summed E-state index contributed by atoms with van der Waals surface area (Å²) < 4.78 is 19.6. The summed E-state index contributed by atoms with van der Waals surface area (Å²) in [5.41, 5.74) is 1.26. The van der Waals surface area contributed by atoms with Crippen LogP contribution in [0.25, 0.3) is 0 Å². The molecule has 1 saturated heterocycles. The molecule has 6 nitrogen and oxygen atoms in total. The standard InChI is InChI=1S/C23H22BrFN4O2/c24-19-14-17(25)8-9-20(19)31-23-18(7-5-11-27-23)22(30)28-15-16-6-4-10-26-21(16)29-12-2-1-3-13-29/h4-11,14H,1-3,12-13,15H2,(H,28,30). The van der Waals surface area contributed by atoms with Crippen molar-refractivity contribution in [2.45, 2.75) is 25.8 Å². The van der Waals surface area contributed by atoms with Gasteiger partial charge in [-0.15, -0.1) is 0 Å². The summed E-state index contributed by atoms with van der Waals surface area (Å²) in [6.07, 6.45) is 6.86. The normalized spacial score (nSPS) is 13.7. The Balaban J connectivity index is 1.49. The van der Waals surface area contributed by atoms with Crippen molar-refractivity contribution in [2.75, 3.05) is 18.0 Å². The molecule has 1 amide bonds. The van der Waals surface area contributed by atoms with Gasteiger partial charge in [-0.3, -0.25) is 4.79 Å². The molecule has 8 heteroatoms. The molecule has 0 radical (unpaired) electrons. The van der Waals surface area contributed by atoms with Crippen molar-refractivity contribution in [1.29, 1.82) is 0 Å². The van der Waals surface area contributed by atoms with Crippen molar-refractivity contribution in [2.24, 2.45) is 0 Å². The Labute approximate surface area is 188 Å². The molecule has 1 N–H and O–H groups in total. The number of piperidine rings is 1. The highest BCUT2D eigenvalue weighted by molar-refractivity contribution is 9.10. The highest BCUT2D eigenvalue weighted by Crippen LogP contribution is 2.31. The van der Waals surface area contributed by atoms with Crippen LogP contribution >= 0.6 is 15.9 Å². The third-order valence-electron chi connectivity index (χ3n) is 5.08. The summed E-state index contributed by atoms with van der Waals surface area (Å²) in [6.45, 7) is 2.29. The van der Waals surface area contributed by atoms with Crippen LogP contribution in [0.15, 0.2) is 59.3 Å². The zero-order chi connectivity index (χ0) is 21.6. The van der Waals surface area contributed by atoms with Gasteiger partial charge in [0.1, 0.15) is 22.9 Å². The van der Waals surface area contributed by atoms with Gasteiger partial charge in [-0.05, 0) is 71.6 Å². The zero-order valence-corrected chi connectivity index (χ0v) is 18.4. The van der Waals surface area contributed by atoms with Crippen LogP contribution in [0.1, 0.15) is 35.2 Å². The quantitative estimate of drug-likeness (QED) is 0.527. The summed E-state index contributed by atoms with van der Waals surface area (Å²) in [4.78, 5) is 23.9. The number of ether oxygens (including phenoxy) is 1. The Kier molecular flexibility index (Phi) is 6.76. The monoisotopic (exact) mass is 484 g/mol. The van der Waals surface area contributed by atoms with Crippen LogP contribution in [-0.2, 0) is 6.54 Å². The van der Waals surface area contributed by atoms with Gasteiger partial charge in [0.25, 0.3) is 5.91 Å². The summed E-state index contributed by atoms with van der Waals surface area (Å²) in [6, 6.07) is 11.2. The van der Waals surface area contributed by atoms with Crippen LogP contribution < -0.4 is 15.0 Å². The number of nitrogens with zero attached hydrogens (tertiary/aromatic N) is 3. The lowest BCUT2D eigenvalue weighted by Gasteiger charge is -2.29. The number of benzene rings is 1. The maximum Gasteiger partial charge on any atom is 0.257 e. The second-order valence-corrected chi connectivity index (χ2v) is 8.10. The minimum Gasteiger partial charge on any atom is -0.437 e. The van der Waals surface area contributed by atoms with Crippen molar-refractivity contribution in [3.05, 3.63) is 76.3 Å². The average Bonchev–Trinajstić information content (AvgIpc) is 2.80. The number of nitrogens with one attached hydrogen (secondary N) is 1. The first kappa shape index (κ1) is 21.2. The van der Waals surface area contributed by atoms with Gasteiger partial charge in [0.05, 0.1) is 4.47 Å². The Morgan fingerprint density at radius 2 is 1.87 bits per heavy atom. The van der Waals surface area contributed by atoms with Crippen molar-refractivity contribution in [1.82, 2.24) is 15.3 Å². The number of anilines is 1. The number of pyridine rings is 2. The second kappa shape index (κ2) is 9.87. The van der Waals surface area contributed by atoms with E-state index < -0.39 is 0 Å². The van der Waals surface area contributed by atoms with Crippen LogP contribution in [0.2, 0.25) is 0 Å². The fourth-order valence-corrected chi connectivity index (χ4v) is 3.97. The molecule has 1 aliphatic rings. The lowest BCUT2D eigenvalue weighted by Crippen LogP contribution is -2.32. The van der Waals surface area contributed by atoms with E-state index in [0.29, 0.717) is 22.3 Å². The Morgan fingerprint density at radius 1 is 1.10 bits per heavy atom. The summed E-state index contributed by atoms with van der Waals surface area (Å²) in [5.74, 6) is 0.734. The van der Waals surface area contributed by atoms with Crippen LogP contribution in [0.3, 0.4) is 0 Å². The number of hydrogen-bond acceptors (Lipinski definition) is 5. The molecular weight excluding hydrogens is 463 g/mol. The first-order chi connectivity index (χ1) is 15.1. The lowest BCUT2D eigenvalue weighted by atomic mass is 10.1. The van der Waals surface area contributed by atoms with Crippen LogP contribution in [0, 0.1) is 5.82 Å². The smallest absolute Gasteiger partial charge is 0.257 e. The maximum absolute atomic E-state index is 13.3. The van der Waals surface area contributed by atoms with Crippen molar-refractivity contribution >= 4 is 27.7 Å². The van der Waals surface area contributed by atoms with Crippen molar-refractivity contribution < 1.29 is 13.9 Å². The molecule has 1 fully saturated rings. The van der Waals surface area contributed by atoms with Gasteiger partial charge in [0.2, 0.25) is 5.88 Å². The Hall–Kier alpha value is -3.00. The molecular formula is C23H22BrFN4O2. The van der Waals surface area contributed by atoms with E-state index in [9.17, 15) is 9.18 Å². The first-order valence-electron chi connectivity index (χ1n) is 10.2. The Bertz CT molecular complexity index is 1070. The predicted octanol–water partition coefficient (Wildman–Crippen LogP) is 5.09. The molecule has 0 spiro atoms. The fraction of sp³-hybridized carbons (Fsp3) is 0.261. The molecule has 0 unspecified atom stereocenters. The number of carbonyl (C=O) groups excluding carboxylic acids is 1. The first-order valence-corrected chi connectivity index (χ1v) is 11.0. The van der Waals surface area contributed by atoms with E-state index in [-0.39, 0.29) is 17.6 Å². The van der Waals surface area contributed by atoms with Crippen LogP contribution in [0.4, 0.5) is 10.2 Å². The third-order valence-corrected chi connectivity index (χ3v) is 5.70. The van der Waals surface area contributed by atoms with Gasteiger partial charge in [-0.1, -0.05) is 6.07 Å². The van der Waals surface area contributed by atoms with Gasteiger partial charge in [0, 0.05) is 37.6 Å². The number of rotatable bonds is 6. The topological polar surface area (TPSA) is 67.4 Å². The second-order valence-electron chi connectivity index (χ2n) is 7.25. The average molecular weight is 485 g/mol. The number of amides is 1. The van der Waals surface area contributed by atoms with Gasteiger partial charge in [-0.25, -0.2) is 14.4 Å². The van der Waals surface area contributed by atoms with Crippen molar-refractivity contribution in [3.63, 3.8) is 0 Å². The van der Waals surface area contributed by atoms with E-state index in [1.165, 1.54) is 24.6 Å². The van der Waals surface area contributed by atoms with E-state index in [1.807, 2.05) is 12.1 Å². The Morgan fingerprint density at radius 3 is 2.68 bits per heavy atom. The van der Waals surface area contributed by atoms with E-state index in [2.05, 4.69) is 36.1 Å². The molecule has 2 aromatic heterocycles. The molecule has 1 aliphatic heterocycles. The summed E-state index contributed by atoms with van der Waals surface area (Å²) in [5, 5.41) is 2.95. The molecule has 0 atom stereocenters. The van der Waals surface area contributed by atoms with Gasteiger partial charge < -0.3 is 15.0 Å². The predicted molar refractivity (Wildman–Crippen MR) is 120 cm³/mol. The van der Waals surface area contributed by atoms with Gasteiger partial charge in [0.15, 0.2) is 0 Å². The molecule has 31 heavy (non-hydrogen) atoms. The highest BCUT2D eigenvalue weighted by atomic mass is 79.9. The zero-order valence-electron chi connectivity index (χ0n) is 16.9. The number of hydrogen-bond donors (Lipinski definition) is 1. The number of halogens is 2. The third kappa shape index (κ3) is 5.19. The van der Waals surface area contributed by atoms with Gasteiger partial charge >= 0.3 is 0 Å². The number of aromatic nitrogens is 2. The van der Waals surface area contributed by atoms with E-state index in [4.69, 9.17) is 4.74 Å². The molecule has 3 aromatic rings. The van der Waals surface area contributed by atoms with Crippen LogP contribution in [0.5, 0.6) is 11.6 Å². The molecule has 0 aliphatic carbocycles. The lowest BCUT2D eigenvalue weighted by molar-refractivity contribution is 0.0948. The molecule has 160 valence electrons. The van der Waals surface area contributed by atoms with E-state index in [1.54, 1.807) is 24.5 Å². The molecule has 3 heterocycles. The molecule has 0 bridgehead atoms. The van der Waals surface area contributed by atoms with Gasteiger partial charge in [-0.2, -0.15) is 0 Å². The SMILES string of the molecule is O=C(NCc1cccnc1N1CCCCC1)c1cccnc1Oc1ccc(F)cc1Br. The maximum atomic E-state index is 13.3. The minimum atomic E-state index is -0.390. The molecule has 4 rings (SSSR count). The van der Waals surface area contributed by atoms with E-state index in [0.717, 1.165) is 37.3 Å². The summed E-state index contributed by atoms with van der Waals surface area (Å²) in [7, 11) is 0. The van der Waals surface area contributed by atoms with Crippen LogP contribution in [-0.4, -0.2) is 29.0 Å². The molecule has 1 aromatic carbocycles.